The number of nitrogens with one attached hydrogen (secondary N) is 1. The summed E-state index contributed by atoms with van der Waals surface area (Å²) in [4.78, 5) is 27.1. The normalized spacial score (nSPS) is 15.2. The highest BCUT2D eigenvalue weighted by molar-refractivity contribution is 8.18. The first-order valence-corrected chi connectivity index (χ1v) is 8.64. The number of nitrogens with zero attached hydrogens (tertiary/aromatic N) is 5. The molecule has 0 spiro atoms. The number of hydrogen-bond acceptors (Lipinski definition) is 7. The van der Waals surface area contributed by atoms with Gasteiger partial charge in [0.1, 0.15) is 17.8 Å². The van der Waals surface area contributed by atoms with E-state index in [2.05, 4.69) is 25.8 Å². The fourth-order valence-corrected chi connectivity index (χ4v) is 3.23. The number of aromatic nitrogens is 4. The first-order chi connectivity index (χ1) is 13.1. The quantitative estimate of drug-likeness (QED) is 0.691. The van der Waals surface area contributed by atoms with E-state index in [9.17, 15) is 9.59 Å². The van der Waals surface area contributed by atoms with E-state index in [1.54, 1.807) is 16.8 Å². The van der Waals surface area contributed by atoms with Gasteiger partial charge in [0, 0.05) is 18.6 Å². The summed E-state index contributed by atoms with van der Waals surface area (Å²) >= 11 is 1.10. The van der Waals surface area contributed by atoms with Gasteiger partial charge in [0.25, 0.3) is 5.91 Å². The number of amidine groups is 1. The van der Waals surface area contributed by atoms with Gasteiger partial charge in [-0.05, 0) is 58.6 Å². The van der Waals surface area contributed by atoms with Crippen molar-refractivity contribution in [3.05, 3.63) is 53.4 Å². The second kappa shape index (κ2) is 7.00. The summed E-state index contributed by atoms with van der Waals surface area (Å²) in [6.07, 6.45) is 3.12. The summed E-state index contributed by atoms with van der Waals surface area (Å²) in [5.74, 6) is 0.487. The minimum absolute atomic E-state index is 0.267. The Morgan fingerprint density at radius 2 is 2.04 bits per heavy atom. The van der Waals surface area contributed by atoms with Gasteiger partial charge in [0.2, 0.25) is 5.91 Å². The topological polar surface area (TPSA) is 115 Å². The Labute approximate surface area is 157 Å². The molecule has 134 valence electrons. The smallest absolute Gasteiger partial charge is 0.286 e. The van der Waals surface area contributed by atoms with Crippen LogP contribution in [0, 0.1) is 0 Å². The molecular weight excluding hydrogens is 368 g/mol. The highest BCUT2D eigenvalue weighted by Gasteiger charge is 2.23. The van der Waals surface area contributed by atoms with E-state index < -0.39 is 5.91 Å². The fourth-order valence-electron chi connectivity index (χ4n) is 2.39. The van der Waals surface area contributed by atoms with Gasteiger partial charge in [-0.15, -0.1) is 5.10 Å². The van der Waals surface area contributed by atoms with Crippen LogP contribution in [0.1, 0.15) is 12.7 Å². The van der Waals surface area contributed by atoms with Crippen LogP contribution in [-0.2, 0) is 9.59 Å². The van der Waals surface area contributed by atoms with Crippen molar-refractivity contribution < 1.29 is 14.0 Å². The number of benzene rings is 1. The van der Waals surface area contributed by atoms with E-state index in [1.807, 2.05) is 30.3 Å². The molecule has 9 nitrogen and oxygen atoms in total. The maximum absolute atomic E-state index is 11.9. The molecule has 2 aromatic heterocycles. The van der Waals surface area contributed by atoms with E-state index in [0.29, 0.717) is 16.4 Å². The minimum atomic E-state index is -0.410. The van der Waals surface area contributed by atoms with E-state index >= 15 is 0 Å². The lowest BCUT2D eigenvalue weighted by molar-refractivity contribution is -0.117. The van der Waals surface area contributed by atoms with Crippen molar-refractivity contribution in [3.8, 4) is 17.0 Å². The van der Waals surface area contributed by atoms with Crippen molar-refractivity contribution in [1.29, 1.82) is 0 Å². The molecule has 1 aromatic carbocycles. The molecule has 0 radical (unpaired) electrons. The molecule has 3 aromatic rings. The van der Waals surface area contributed by atoms with Crippen LogP contribution in [0.25, 0.3) is 23.1 Å². The van der Waals surface area contributed by atoms with Crippen molar-refractivity contribution >= 4 is 34.8 Å². The number of tetrazole rings is 1. The predicted molar refractivity (Wildman–Crippen MR) is 98.7 cm³/mol. The molecule has 10 heteroatoms. The molecule has 27 heavy (non-hydrogen) atoms. The van der Waals surface area contributed by atoms with Crippen LogP contribution in [0.15, 0.2) is 57.0 Å². The van der Waals surface area contributed by atoms with Gasteiger partial charge < -0.3 is 9.73 Å². The average molecular weight is 380 g/mol. The lowest BCUT2D eigenvalue weighted by atomic mass is 10.1. The van der Waals surface area contributed by atoms with Gasteiger partial charge in [-0.25, -0.2) is 4.68 Å². The molecule has 0 bridgehead atoms. The van der Waals surface area contributed by atoms with Gasteiger partial charge in [0.05, 0.1) is 10.6 Å². The molecule has 0 saturated heterocycles. The van der Waals surface area contributed by atoms with Crippen molar-refractivity contribution in [1.82, 2.24) is 25.5 Å². The fraction of sp³-hybridized carbons (Fsp3) is 0.0588. The van der Waals surface area contributed by atoms with Crippen molar-refractivity contribution in [3.63, 3.8) is 0 Å². The number of carbonyl (C=O) groups excluding carboxylic acids is 2. The van der Waals surface area contributed by atoms with Gasteiger partial charge in [-0.2, -0.15) is 4.99 Å². The van der Waals surface area contributed by atoms with Gasteiger partial charge in [0.15, 0.2) is 5.17 Å². The first kappa shape index (κ1) is 16.9. The summed E-state index contributed by atoms with van der Waals surface area (Å²) in [7, 11) is 0. The maximum Gasteiger partial charge on any atom is 0.286 e. The molecule has 2 amide bonds. The van der Waals surface area contributed by atoms with Crippen LogP contribution in [0.2, 0.25) is 0 Å². The Kier molecular flexibility index (Phi) is 4.38. The lowest BCUT2D eigenvalue weighted by Crippen LogP contribution is -2.23. The number of amides is 2. The molecule has 1 N–H and O–H groups in total. The zero-order chi connectivity index (χ0) is 18.8. The molecule has 0 unspecified atom stereocenters. The van der Waals surface area contributed by atoms with Gasteiger partial charge in [-0.3, -0.25) is 9.59 Å². The molecule has 0 aliphatic carbocycles. The predicted octanol–water partition coefficient (Wildman–Crippen LogP) is 2.03. The third-order valence-electron chi connectivity index (χ3n) is 3.57. The second-order valence-electron chi connectivity index (χ2n) is 5.52. The number of rotatable bonds is 3. The zero-order valence-corrected chi connectivity index (χ0v) is 14.8. The Bertz CT molecular complexity index is 1070. The summed E-state index contributed by atoms with van der Waals surface area (Å²) in [5, 5.41) is 13.8. The summed E-state index contributed by atoms with van der Waals surface area (Å²) in [5.41, 5.74) is 1.70. The Morgan fingerprint density at radius 3 is 2.74 bits per heavy atom. The average Bonchev–Trinajstić information content (AvgIpc) is 3.38. The second-order valence-corrected chi connectivity index (χ2v) is 6.55. The maximum atomic E-state index is 11.9. The van der Waals surface area contributed by atoms with Crippen LogP contribution in [0.4, 0.5) is 0 Å². The first-order valence-electron chi connectivity index (χ1n) is 7.82. The Hall–Kier alpha value is -3.53. The largest absolute Gasteiger partial charge is 0.457 e. The van der Waals surface area contributed by atoms with E-state index in [-0.39, 0.29) is 11.1 Å². The molecule has 0 fully saturated rings. The highest BCUT2D eigenvalue weighted by atomic mass is 32.2. The number of aliphatic imine (C=N–C) groups is 1. The van der Waals surface area contributed by atoms with Crippen molar-refractivity contribution in [2.24, 2.45) is 4.99 Å². The van der Waals surface area contributed by atoms with Gasteiger partial charge in [-0.1, -0.05) is 0 Å². The van der Waals surface area contributed by atoms with Crippen molar-refractivity contribution in [2.75, 3.05) is 0 Å². The highest BCUT2D eigenvalue weighted by Crippen LogP contribution is 2.30. The molecule has 4 rings (SSSR count). The van der Waals surface area contributed by atoms with Crippen LogP contribution in [0.3, 0.4) is 0 Å². The Balaban J connectivity index is 1.51. The minimum Gasteiger partial charge on any atom is -0.457 e. The number of thioether (sulfide) groups is 1. The molecule has 0 saturated carbocycles. The van der Waals surface area contributed by atoms with Crippen LogP contribution in [0.5, 0.6) is 0 Å². The van der Waals surface area contributed by atoms with Crippen molar-refractivity contribution in [2.45, 2.75) is 6.92 Å². The van der Waals surface area contributed by atoms with E-state index in [4.69, 9.17) is 4.42 Å². The SMILES string of the molecule is CC(=O)NC1=NC(=O)C(=Cc2ccc(-c3ccc(-n4cnnn4)cc3)o2)S1. The third kappa shape index (κ3) is 3.70. The summed E-state index contributed by atoms with van der Waals surface area (Å²) in [6, 6.07) is 11.1. The van der Waals surface area contributed by atoms with Crippen LogP contribution < -0.4 is 5.32 Å². The number of hydrogen-bond donors (Lipinski definition) is 1. The van der Waals surface area contributed by atoms with Gasteiger partial charge >= 0.3 is 0 Å². The standard InChI is InChI=1S/C17H12N6O3S/c1-10(24)19-17-20-16(25)15(27-17)8-13-6-7-14(26-13)11-2-4-12(5-3-11)23-9-18-21-22-23/h2-9H,1H3,(H,19,20,24,25). The number of furan rings is 1. The van der Waals surface area contributed by atoms with Crippen LogP contribution in [-0.4, -0.2) is 37.2 Å². The Morgan fingerprint density at radius 1 is 1.22 bits per heavy atom. The van der Waals surface area contributed by atoms with Crippen LogP contribution >= 0.6 is 11.8 Å². The summed E-state index contributed by atoms with van der Waals surface area (Å²) < 4.78 is 7.35. The van der Waals surface area contributed by atoms with E-state index in [0.717, 1.165) is 23.0 Å². The number of carbonyl (C=O) groups is 2. The lowest BCUT2D eigenvalue weighted by Gasteiger charge is -2.01. The zero-order valence-electron chi connectivity index (χ0n) is 14.0. The third-order valence-corrected chi connectivity index (χ3v) is 4.47. The molecule has 1 aliphatic rings. The van der Waals surface area contributed by atoms with E-state index in [1.165, 1.54) is 13.3 Å². The summed E-state index contributed by atoms with van der Waals surface area (Å²) in [6.45, 7) is 1.36. The monoisotopic (exact) mass is 380 g/mol. The molecule has 3 heterocycles. The molecule has 1 aliphatic heterocycles. The molecular formula is C17H12N6O3S. The molecule has 0 atom stereocenters.